The van der Waals surface area contributed by atoms with E-state index < -0.39 is 0 Å². The van der Waals surface area contributed by atoms with Gasteiger partial charge in [0.1, 0.15) is 5.00 Å². The van der Waals surface area contributed by atoms with Crippen molar-refractivity contribution < 1.29 is 4.79 Å². The highest BCUT2D eigenvalue weighted by Crippen LogP contribution is 2.24. The van der Waals surface area contributed by atoms with E-state index in [9.17, 15) is 4.79 Å². The van der Waals surface area contributed by atoms with Crippen molar-refractivity contribution >= 4 is 45.4 Å². The van der Waals surface area contributed by atoms with Crippen LogP contribution in [0.2, 0.25) is 5.02 Å². The summed E-state index contributed by atoms with van der Waals surface area (Å²) in [7, 11) is 0. The second kappa shape index (κ2) is 6.55. The number of amides is 1. The molecule has 5 nitrogen and oxygen atoms in total. The molecule has 1 amide bonds. The molecule has 0 aliphatic rings. The fourth-order valence-corrected chi connectivity index (χ4v) is 2.51. The minimum atomic E-state index is -0.325. The first-order chi connectivity index (χ1) is 10.7. The number of aromatic nitrogens is 2. The first-order valence-electron chi connectivity index (χ1n) is 6.44. The largest absolute Gasteiger partial charge is 0.344 e. The fraction of sp³-hybridized carbons (Fsp3) is 0. The highest BCUT2D eigenvalue weighted by Gasteiger charge is 2.17. The van der Waals surface area contributed by atoms with E-state index in [2.05, 4.69) is 20.2 Å². The van der Waals surface area contributed by atoms with Crippen LogP contribution in [0.25, 0.3) is 0 Å². The van der Waals surface area contributed by atoms with Crippen LogP contribution in [0.4, 0.5) is 16.4 Å². The standard InChI is InChI=1S/C15H11ClN4OS/c16-10-6-8-12(9-7-10)17-14(21)13-15(22-20-19-13)18-11-4-2-1-3-5-11/h1-9,18H,(H,17,21). The zero-order chi connectivity index (χ0) is 15.4. The first-order valence-corrected chi connectivity index (χ1v) is 7.59. The van der Waals surface area contributed by atoms with Gasteiger partial charge in [-0.3, -0.25) is 4.79 Å². The van der Waals surface area contributed by atoms with Gasteiger partial charge in [-0.2, -0.15) is 0 Å². The lowest BCUT2D eigenvalue weighted by Gasteiger charge is -2.06. The van der Waals surface area contributed by atoms with Gasteiger partial charge < -0.3 is 10.6 Å². The highest BCUT2D eigenvalue weighted by molar-refractivity contribution is 7.10. The van der Waals surface area contributed by atoms with Gasteiger partial charge in [-0.15, -0.1) is 5.10 Å². The molecule has 0 aliphatic heterocycles. The van der Waals surface area contributed by atoms with E-state index in [0.29, 0.717) is 15.7 Å². The molecule has 0 unspecified atom stereocenters. The molecule has 0 fully saturated rings. The van der Waals surface area contributed by atoms with Crippen LogP contribution in [0, 0.1) is 0 Å². The average Bonchev–Trinajstić information content (AvgIpc) is 2.99. The van der Waals surface area contributed by atoms with Crippen molar-refractivity contribution in [3.05, 3.63) is 65.3 Å². The summed E-state index contributed by atoms with van der Waals surface area (Å²) in [6, 6.07) is 16.4. The summed E-state index contributed by atoms with van der Waals surface area (Å²) < 4.78 is 3.84. The number of anilines is 3. The Morgan fingerprint density at radius 2 is 1.73 bits per heavy atom. The van der Waals surface area contributed by atoms with E-state index in [1.807, 2.05) is 30.3 Å². The molecule has 0 atom stereocenters. The molecule has 7 heteroatoms. The molecule has 2 N–H and O–H groups in total. The summed E-state index contributed by atoms with van der Waals surface area (Å²) in [5.74, 6) is -0.325. The number of hydrogen-bond acceptors (Lipinski definition) is 5. The summed E-state index contributed by atoms with van der Waals surface area (Å²) in [5.41, 5.74) is 1.77. The van der Waals surface area contributed by atoms with Gasteiger partial charge in [-0.05, 0) is 36.4 Å². The normalized spacial score (nSPS) is 10.2. The smallest absolute Gasteiger partial charge is 0.279 e. The summed E-state index contributed by atoms with van der Waals surface area (Å²) in [6.45, 7) is 0. The Hall–Kier alpha value is -2.44. The molecule has 110 valence electrons. The molecule has 0 aliphatic carbocycles. The number of para-hydroxylation sites is 1. The predicted molar refractivity (Wildman–Crippen MR) is 89.0 cm³/mol. The van der Waals surface area contributed by atoms with Gasteiger partial charge in [-0.25, -0.2) is 0 Å². The minimum absolute atomic E-state index is 0.254. The van der Waals surface area contributed by atoms with Gasteiger partial charge >= 0.3 is 0 Å². The SMILES string of the molecule is O=C(Nc1ccc(Cl)cc1)c1nnsc1Nc1ccccc1. The van der Waals surface area contributed by atoms with Crippen molar-refractivity contribution in [3.8, 4) is 0 Å². The summed E-state index contributed by atoms with van der Waals surface area (Å²) in [5, 5.41) is 11.0. The Morgan fingerprint density at radius 3 is 2.45 bits per heavy atom. The van der Waals surface area contributed by atoms with E-state index in [1.165, 1.54) is 0 Å². The summed E-state index contributed by atoms with van der Waals surface area (Å²) >= 11 is 6.95. The number of carbonyl (C=O) groups excluding carboxylic acids is 1. The molecule has 1 aromatic heterocycles. The van der Waals surface area contributed by atoms with Gasteiger partial charge in [0, 0.05) is 27.9 Å². The summed E-state index contributed by atoms with van der Waals surface area (Å²) in [4.78, 5) is 12.3. The molecule has 22 heavy (non-hydrogen) atoms. The van der Waals surface area contributed by atoms with Gasteiger partial charge in [0.25, 0.3) is 5.91 Å². The van der Waals surface area contributed by atoms with Crippen molar-refractivity contribution in [3.63, 3.8) is 0 Å². The van der Waals surface area contributed by atoms with Crippen LogP contribution < -0.4 is 10.6 Å². The van der Waals surface area contributed by atoms with Gasteiger partial charge in [0.05, 0.1) is 0 Å². The topological polar surface area (TPSA) is 66.9 Å². The first kappa shape index (κ1) is 14.5. The maximum atomic E-state index is 12.3. The number of rotatable bonds is 4. The van der Waals surface area contributed by atoms with Crippen molar-refractivity contribution in [1.82, 2.24) is 9.59 Å². The maximum Gasteiger partial charge on any atom is 0.279 e. The summed E-state index contributed by atoms with van der Waals surface area (Å²) in [6.07, 6.45) is 0. The van der Waals surface area contributed by atoms with Crippen LogP contribution >= 0.6 is 23.1 Å². The zero-order valence-electron chi connectivity index (χ0n) is 11.3. The quantitative estimate of drug-likeness (QED) is 0.752. The Balaban J connectivity index is 1.76. The molecule has 1 heterocycles. The minimum Gasteiger partial charge on any atom is -0.344 e. The second-order valence-corrected chi connectivity index (χ2v) is 5.59. The molecule has 0 saturated carbocycles. The van der Waals surface area contributed by atoms with E-state index in [1.54, 1.807) is 24.3 Å². The van der Waals surface area contributed by atoms with Crippen LogP contribution in [0.3, 0.4) is 0 Å². The van der Waals surface area contributed by atoms with Gasteiger partial charge in [0.2, 0.25) is 0 Å². The Labute approximate surface area is 136 Å². The molecule has 0 saturated heterocycles. The monoisotopic (exact) mass is 330 g/mol. The third-order valence-electron chi connectivity index (χ3n) is 2.84. The van der Waals surface area contributed by atoms with Gasteiger partial charge in [0.15, 0.2) is 5.69 Å². The molecule has 2 aromatic carbocycles. The Bertz CT molecular complexity index is 774. The molecular formula is C15H11ClN4OS. The number of halogens is 1. The number of carbonyl (C=O) groups is 1. The van der Waals surface area contributed by atoms with E-state index >= 15 is 0 Å². The lowest BCUT2D eigenvalue weighted by molar-refractivity contribution is 0.102. The number of benzene rings is 2. The molecule has 0 radical (unpaired) electrons. The highest BCUT2D eigenvalue weighted by atomic mass is 35.5. The van der Waals surface area contributed by atoms with Crippen molar-refractivity contribution in [2.45, 2.75) is 0 Å². The molecule has 0 bridgehead atoms. The number of nitrogens with zero attached hydrogens (tertiary/aromatic N) is 2. The Morgan fingerprint density at radius 1 is 1.00 bits per heavy atom. The van der Waals surface area contributed by atoms with Crippen LogP contribution in [-0.4, -0.2) is 15.5 Å². The zero-order valence-corrected chi connectivity index (χ0v) is 12.9. The van der Waals surface area contributed by atoms with Crippen molar-refractivity contribution in [2.75, 3.05) is 10.6 Å². The van der Waals surface area contributed by atoms with Crippen LogP contribution in [0.5, 0.6) is 0 Å². The second-order valence-electron chi connectivity index (χ2n) is 4.40. The molecular weight excluding hydrogens is 320 g/mol. The molecule has 3 rings (SSSR count). The number of hydrogen-bond donors (Lipinski definition) is 2. The average molecular weight is 331 g/mol. The third-order valence-corrected chi connectivity index (χ3v) is 3.73. The van der Waals surface area contributed by atoms with Crippen molar-refractivity contribution in [2.24, 2.45) is 0 Å². The van der Waals surface area contributed by atoms with Crippen LogP contribution in [-0.2, 0) is 0 Å². The lowest BCUT2D eigenvalue weighted by atomic mass is 10.3. The predicted octanol–water partition coefficient (Wildman–Crippen LogP) is 4.19. The van der Waals surface area contributed by atoms with E-state index in [4.69, 9.17) is 11.6 Å². The Kier molecular flexibility index (Phi) is 4.32. The van der Waals surface area contributed by atoms with Crippen LogP contribution in [0.1, 0.15) is 10.5 Å². The van der Waals surface area contributed by atoms with E-state index in [-0.39, 0.29) is 11.6 Å². The fourth-order valence-electron chi connectivity index (χ4n) is 1.80. The maximum absolute atomic E-state index is 12.3. The molecule has 3 aromatic rings. The van der Waals surface area contributed by atoms with Crippen LogP contribution in [0.15, 0.2) is 54.6 Å². The van der Waals surface area contributed by atoms with E-state index in [0.717, 1.165) is 17.2 Å². The van der Waals surface area contributed by atoms with Gasteiger partial charge in [-0.1, -0.05) is 34.3 Å². The third kappa shape index (κ3) is 3.41. The van der Waals surface area contributed by atoms with Crippen molar-refractivity contribution in [1.29, 1.82) is 0 Å². The lowest BCUT2D eigenvalue weighted by Crippen LogP contribution is -2.13. The molecule has 0 spiro atoms. The number of nitrogens with one attached hydrogen (secondary N) is 2.